The van der Waals surface area contributed by atoms with Crippen LogP contribution in [0.4, 0.5) is 10.1 Å². The number of piperidine rings is 1. The molecule has 1 amide bonds. The van der Waals surface area contributed by atoms with E-state index in [9.17, 15) is 14.0 Å². The molecule has 1 aromatic rings. The van der Waals surface area contributed by atoms with E-state index in [2.05, 4.69) is 10.2 Å². The normalized spacial score (nSPS) is 18.4. The topological polar surface area (TPSA) is 58.6 Å². The van der Waals surface area contributed by atoms with Gasteiger partial charge in [-0.25, -0.2) is 4.39 Å². The molecule has 0 bridgehead atoms. The number of hydrogen-bond donors (Lipinski definition) is 1. The summed E-state index contributed by atoms with van der Waals surface area (Å²) in [6, 6.07) is 6.09. The number of rotatable bonds is 6. The van der Waals surface area contributed by atoms with Crippen molar-refractivity contribution >= 4 is 17.6 Å². The first-order valence-electron chi connectivity index (χ1n) is 8.03. The van der Waals surface area contributed by atoms with E-state index in [-0.39, 0.29) is 29.9 Å². The van der Waals surface area contributed by atoms with Gasteiger partial charge in [0, 0.05) is 19.5 Å². The van der Waals surface area contributed by atoms with Gasteiger partial charge in [-0.2, -0.15) is 0 Å². The van der Waals surface area contributed by atoms with Crippen LogP contribution in [-0.4, -0.2) is 43.0 Å². The summed E-state index contributed by atoms with van der Waals surface area (Å²) < 4.78 is 18.5. The lowest BCUT2D eigenvalue weighted by molar-refractivity contribution is -0.149. The molecule has 0 radical (unpaired) electrons. The standard InChI is InChI=1S/C17H23FN2O3/c1-2-23-17(22)13-6-5-10-20(12-13)11-9-16(21)19-15-8-4-3-7-14(15)18/h3-4,7-8,13H,2,5-6,9-12H2,1H3,(H,19,21)/t13-/m1/s1. The third-order valence-corrected chi connectivity index (χ3v) is 3.93. The van der Waals surface area contributed by atoms with Gasteiger partial charge in [-0.05, 0) is 38.4 Å². The van der Waals surface area contributed by atoms with E-state index >= 15 is 0 Å². The molecular weight excluding hydrogens is 299 g/mol. The largest absolute Gasteiger partial charge is 0.466 e. The number of amides is 1. The summed E-state index contributed by atoms with van der Waals surface area (Å²) in [5.41, 5.74) is 0.195. The average Bonchev–Trinajstić information content (AvgIpc) is 2.56. The smallest absolute Gasteiger partial charge is 0.310 e. The molecule has 0 spiro atoms. The van der Waals surface area contributed by atoms with Crippen molar-refractivity contribution in [3.05, 3.63) is 30.1 Å². The van der Waals surface area contributed by atoms with Crippen LogP contribution in [-0.2, 0) is 14.3 Å². The molecule has 5 nitrogen and oxygen atoms in total. The summed E-state index contributed by atoms with van der Waals surface area (Å²) >= 11 is 0. The van der Waals surface area contributed by atoms with Crippen molar-refractivity contribution in [1.29, 1.82) is 0 Å². The molecule has 1 atom stereocenters. The quantitative estimate of drug-likeness (QED) is 0.817. The number of esters is 1. The number of hydrogen-bond acceptors (Lipinski definition) is 4. The molecule has 23 heavy (non-hydrogen) atoms. The number of benzene rings is 1. The summed E-state index contributed by atoms with van der Waals surface area (Å²) in [7, 11) is 0. The molecule has 1 fully saturated rings. The summed E-state index contributed by atoms with van der Waals surface area (Å²) in [4.78, 5) is 25.8. The minimum absolute atomic E-state index is 0.113. The Balaban J connectivity index is 1.77. The Morgan fingerprint density at radius 2 is 2.17 bits per heavy atom. The fraction of sp³-hybridized carbons (Fsp3) is 0.529. The van der Waals surface area contributed by atoms with E-state index < -0.39 is 5.82 Å². The lowest BCUT2D eigenvalue weighted by Crippen LogP contribution is -2.40. The second-order valence-corrected chi connectivity index (χ2v) is 5.67. The molecule has 1 saturated heterocycles. The number of anilines is 1. The molecule has 0 saturated carbocycles. The predicted molar refractivity (Wildman–Crippen MR) is 85.4 cm³/mol. The van der Waals surface area contributed by atoms with E-state index in [1.54, 1.807) is 19.1 Å². The van der Waals surface area contributed by atoms with Crippen LogP contribution in [0.2, 0.25) is 0 Å². The zero-order valence-electron chi connectivity index (χ0n) is 13.4. The van der Waals surface area contributed by atoms with Gasteiger partial charge in [-0.1, -0.05) is 12.1 Å². The zero-order valence-corrected chi connectivity index (χ0v) is 13.4. The van der Waals surface area contributed by atoms with Crippen LogP contribution in [0.25, 0.3) is 0 Å². The Bertz CT molecular complexity index is 550. The lowest BCUT2D eigenvalue weighted by Gasteiger charge is -2.31. The second-order valence-electron chi connectivity index (χ2n) is 5.67. The van der Waals surface area contributed by atoms with Crippen LogP contribution in [0.15, 0.2) is 24.3 Å². The molecule has 0 aliphatic carbocycles. The minimum Gasteiger partial charge on any atom is -0.466 e. The molecule has 0 aromatic heterocycles. The molecule has 126 valence electrons. The van der Waals surface area contributed by atoms with Gasteiger partial charge < -0.3 is 15.0 Å². The summed E-state index contributed by atoms with van der Waals surface area (Å²) in [6.45, 7) is 4.22. The summed E-state index contributed by atoms with van der Waals surface area (Å²) in [5, 5.41) is 2.57. The lowest BCUT2D eigenvalue weighted by atomic mass is 9.98. The van der Waals surface area contributed by atoms with Gasteiger partial charge in [0.15, 0.2) is 0 Å². The Morgan fingerprint density at radius 3 is 2.91 bits per heavy atom. The highest BCUT2D eigenvalue weighted by molar-refractivity contribution is 5.90. The third kappa shape index (κ3) is 5.32. The maximum Gasteiger partial charge on any atom is 0.310 e. The van der Waals surface area contributed by atoms with E-state index in [1.807, 2.05) is 0 Å². The first kappa shape index (κ1) is 17.4. The van der Waals surface area contributed by atoms with E-state index in [4.69, 9.17) is 4.74 Å². The number of ether oxygens (including phenoxy) is 1. The second kappa shape index (κ2) is 8.62. The molecule has 1 aromatic carbocycles. The number of nitrogens with one attached hydrogen (secondary N) is 1. The monoisotopic (exact) mass is 322 g/mol. The Hall–Kier alpha value is -1.95. The number of halogens is 1. The van der Waals surface area contributed by atoms with Crippen molar-refractivity contribution in [1.82, 2.24) is 4.90 Å². The molecule has 1 N–H and O–H groups in total. The van der Waals surface area contributed by atoms with E-state index in [1.165, 1.54) is 12.1 Å². The Labute approximate surface area is 135 Å². The molecule has 1 aliphatic rings. The Morgan fingerprint density at radius 1 is 1.39 bits per heavy atom. The highest BCUT2D eigenvalue weighted by Crippen LogP contribution is 2.18. The predicted octanol–water partition coefficient (Wildman–Crippen LogP) is 2.43. The molecule has 2 rings (SSSR count). The van der Waals surface area contributed by atoms with E-state index in [0.29, 0.717) is 19.7 Å². The van der Waals surface area contributed by atoms with Crippen molar-refractivity contribution in [2.45, 2.75) is 26.2 Å². The highest BCUT2D eigenvalue weighted by Gasteiger charge is 2.26. The number of likely N-dealkylation sites (tertiary alicyclic amines) is 1. The van der Waals surface area contributed by atoms with Crippen LogP contribution in [0.1, 0.15) is 26.2 Å². The first-order valence-corrected chi connectivity index (χ1v) is 8.03. The van der Waals surface area contributed by atoms with Crippen LogP contribution < -0.4 is 5.32 Å². The van der Waals surface area contributed by atoms with Gasteiger partial charge in [-0.15, -0.1) is 0 Å². The fourth-order valence-corrected chi connectivity index (χ4v) is 2.75. The van der Waals surface area contributed by atoms with Crippen molar-refractivity contribution in [3.63, 3.8) is 0 Å². The van der Waals surface area contributed by atoms with Crippen molar-refractivity contribution in [2.75, 3.05) is 31.6 Å². The van der Waals surface area contributed by atoms with Crippen molar-refractivity contribution in [2.24, 2.45) is 5.92 Å². The molecule has 1 heterocycles. The van der Waals surface area contributed by atoms with Gasteiger partial charge in [0.2, 0.25) is 5.91 Å². The maximum atomic E-state index is 13.5. The van der Waals surface area contributed by atoms with Gasteiger partial charge in [0.25, 0.3) is 0 Å². The van der Waals surface area contributed by atoms with Crippen molar-refractivity contribution in [3.8, 4) is 0 Å². The zero-order chi connectivity index (χ0) is 16.7. The van der Waals surface area contributed by atoms with E-state index in [0.717, 1.165) is 19.4 Å². The fourth-order valence-electron chi connectivity index (χ4n) is 2.75. The number of para-hydroxylation sites is 1. The summed E-state index contributed by atoms with van der Waals surface area (Å²) in [5.74, 6) is -0.944. The first-order chi connectivity index (χ1) is 11.1. The number of nitrogens with zero attached hydrogens (tertiary/aromatic N) is 1. The average molecular weight is 322 g/mol. The SMILES string of the molecule is CCOC(=O)[C@@H]1CCCN(CCC(=O)Nc2ccccc2F)C1. The van der Waals surface area contributed by atoms with Gasteiger partial charge in [0.05, 0.1) is 18.2 Å². The highest BCUT2D eigenvalue weighted by atomic mass is 19.1. The van der Waals surface area contributed by atoms with Gasteiger partial charge in [0.1, 0.15) is 5.82 Å². The van der Waals surface area contributed by atoms with Crippen LogP contribution in [0, 0.1) is 11.7 Å². The molecular formula is C17H23FN2O3. The molecule has 0 unspecified atom stereocenters. The molecule has 6 heteroatoms. The van der Waals surface area contributed by atoms with Crippen LogP contribution >= 0.6 is 0 Å². The van der Waals surface area contributed by atoms with Gasteiger partial charge in [-0.3, -0.25) is 9.59 Å². The summed E-state index contributed by atoms with van der Waals surface area (Å²) in [6.07, 6.45) is 2.01. The maximum absolute atomic E-state index is 13.5. The minimum atomic E-state index is -0.443. The Kier molecular flexibility index (Phi) is 6.52. The van der Waals surface area contributed by atoms with Crippen molar-refractivity contribution < 1.29 is 18.7 Å². The molecule has 1 aliphatic heterocycles. The van der Waals surface area contributed by atoms with Crippen LogP contribution in [0.5, 0.6) is 0 Å². The van der Waals surface area contributed by atoms with Crippen LogP contribution in [0.3, 0.4) is 0 Å². The number of carbonyl (C=O) groups is 2. The van der Waals surface area contributed by atoms with Gasteiger partial charge >= 0.3 is 5.97 Å². The number of carbonyl (C=O) groups excluding carboxylic acids is 2. The third-order valence-electron chi connectivity index (χ3n) is 3.93.